The second kappa shape index (κ2) is 6.68. The molecule has 0 fully saturated rings. The van der Waals surface area contributed by atoms with Gasteiger partial charge in [0.1, 0.15) is 12.3 Å². The first-order chi connectivity index (χ1) is 8.58. The van der Waals surface area contributed by atoms with Crippen LogP contribution in [0.4, 0.5) is 5.69 Å². The summed E-state index contributed by atoms with van der Waals surface area (Å²) < 4.78 is 11.2. The molecule has 0 aliphatic carbocycles. The topological polar surface area (TPSA) is 83.5 Å². The Hall–Kier alpha value is -1.98. The summed E-state index contributed by atoms with van der Waals surface area (Å²) in [6.07, 6.45) is 2.63. The van der Waals surface area contributed by atoms with Crippen molar-refractivity contribution in [3.05, 3.63) is 18.0 Å². The van der Waals surface area contributed by atoms with Crippen LogP contribution in [0.1, 0.15) is 30.3 Å². The second-order valence-electron chi connectivity index (χ2n) is 3.81. The maximum absolute atomic E-state index is 11.8. The molecular weight excluding hydrogens is 236 g/mol. The number of aromatic nitrogens is 1. The van der Waals surface area contributed by atoms with Crippen LogP contribution in [0.15, 0.2) is 12.3 Å². The molecular formula is C12H18N2O4. The first-order valence-electron chi connectivity index (χ1n) is 5.78. The molecule has 0 aliphatic rings. The summed E-state index contributed by atoms with van der Waals surface area (Å²) in [5, 5.41) is 0. The van der Waals surface area contributed by atoms with E-state index < -0.39 is 11.9 Å². The summed E-state index contributed by atoms with van der Waals surface area (Å²) >= 11 is 0. The standard InChI is InChI=1S/C12H18N2O4/c1-3-5-14-8-9(13)7-10(14)12(16)18-6-4-11(15)17-2/h7-8H,3-6,13H2,1-2H3. The minimum Gasteiger partial charge on any atom is -0.469 e. The first kappa shape index (κ1) is 14.1. The molecule has 18 heavy (non-hydrogen) atoms. The van der Waals surface area contributed by atoms with Crippen LogP contribution in [0.2, 0.25) is 0 Å². The van der Waals surface area contributed by atoms with Crippen molar-refractivity contribution >= 4 is 17.6 Å². The van der Waals surface area contributed by atoms with E-state index in [4.69, 9.17) is 10.5 Å². The van der Waals surface area contributed by atoms with Crippen molar-refractivity contribution in [2.24, 2.45) is 0 Å². The number of carbonyl (C=O) groups excluding carboxylic acids is 2. The highest BCUT2D eigenvalue weighted by molar-refractivity contribution is 5.89. The fourth-order valence-corrected chi connectivity index (χ4v) is 1.53. The van der Waals surface area contributed by atoms with Gasteiger partial charge < -0.3 is 19.8 Å². The number of carbonyl (C=O) groups is 2. The molecule has 1 aromatic rings. The van der Waals surface area contributed by atoms with Gasteiger partial charge in [-0.3, -0.25) is 4.79 Å². The van der Waals surface area contributed by atoms with Crippen molar-refractivity contribution in [3.63, 3.8) is 0 Å². The first-order valence-corrected chi connectivity index (χ1v) is 5.78. The SMILES string of the molecule is CCCn1cc(N)cc1C(=O)OCCC(=O)OC. The minimum atomic E-state index is -0.482. The van der Waals surface area contributed by atoms with Crippen LogP contribution < -0.4 is 5.73 Å². The zero-order chi connectivity index (χ0) is 13.5. The van der Waals surface area contributed by atoms with E-state index >= 15 is 0 Å². The molecule has 0 spiro atoms. The molecule has 0 radical (unpaired) electrons. The fraction of sp³-hybridized carbons (Fsp3) is 0.500. The van der Waals surface area contributed by atoms with Crippen molar-refractivity contribution in [3.8, 4) is 0 Å². The highest BCUT2D eigenvalue weighted by atomic mass is 16.5. The summed E-state index contributed by atoms with van der Waals surface area (Å²) in [5.41, 5.74) is 6.56. The Kier molecular flexibility index (Phi) is 5.23. The van der Waals surface area contributed by atoms with E-state index in [1.165, 1.54) is 7.11 Å². The van der Waals surface area contributed by atoms with Crippen LogP contribution in [0.25, 0.3) is 0 Å². The molecule has 0 aromatic carbocycles. The predicted molar refractivity (Wildman–Crippen MR) is 66.1 cm³/mol. The number of nitrogens with zero attached hydrogens (tertiary/aromatic N) is 1. The molecule has 2 N–H and O–H groups in total. The van der Waals surface area contributed by atoms with Crippen LogP contribution in [-0.4, -0.2) is 30.2 Å². The lowest BCUT2D eigenvalue weighted by atomic mass is 10.4. The van der Waals surface area contributed by atoms with Gasteiger partial charge in [-0.05, 0) is 12.5 Å². The highest BCUT2D eigenvalue weighted by Crippen LogP contribution is 2.12. The smallest absolute Gasteiger partial charge is 0.355 e. The van der Waals surface area contributed by atoms with E-state index in [0.717, 1.165) is 6.42 Å². The third kappa shape index (κ3) is 3.80. The number of nitrogens with two attached hydrogens (primary N) is 1. The van der Waals surface area contributed by atoms with E-state index in [9.17, 15) is 9.59 Å². The Bertz CT molecular complexity index is 426. The average Bonchev–Trinajstić information content (AvgIpc) is 2.70. The lowest BCUT2D eigenvalue weighted by Crippen LogP contribution is -2.14. The Labute approximate surface area is 106 Å². The maximum atomic E-state index is 11.8. The molecule has 6 heteroatoms. The third-order valence-electron chi connectivity index (χ3n) is 2.36. The van der Waals surface area contributed by atoms with Crippen LogP contribution in [0.3, 0.4) is 0 Å². The quantitative estimate of drug-likeness (QED) is 0.771. The zero-order valence-corrected chi connectivity index (χ0v) is 10.6. The number of anilines is 1. The number of hydrogen-bond donors (Lipinski definition) is 1. The molecule has 1 heterocycles. The molecule has 100 valence electrons. The average molecular weight is 254 g/mol. The number of ether oxygens (including phenoxy) is 2. The zero-order valence-electron chi connectivity index (χ0n) is 10.6. The number of esters is 2. The second-order valence-corrected chi connectivity index (χ2v) is 3.81. The Morgan fingerprint density at radius 3 is 2.78 bits per heavy atom. The Balaban J connectivity index is 2.58. The molecule has 1 rings (SSSR count). The molecule has 0 aliphatic heterocycles. The summed E-state index contributed by atoms with van der Waals surface area (Å²) in [6.45, 7) is 2.70. The largest absolute Gasteiger partial charge is 0.469 e. The van der Waals surface area contributed by atoms with Crippen LogP contribution in [0, 0.1) is 0 Å². The molecule has 0 unspecified atom stereocenters. The van der Waals surface area contributed by atoms with E-state index in [0.29, 0.717) is 17.9 Å². The lowest BCUT2D eigenvalue weighted by Gasteiger charge is -2.07. The molecule has 0 amide bonds. The van der Waals surface area contributed by atoms with Crippen LogP contribution in [0.5, 0.6) is 0 Å². The summed E-state index contributed by atoms with van der Waals surface area (Å²) in [5.74, 6) is -0.893. The molecule has 0 atom stereocenters. The Morgan fingerprint density at radius 2 is 2.17 bits per heavy atom. The van der Waals surface area contributed by atoms with Crippen LogP contribution >= 0.6 is 0 Å². The summed E-state index contributed by atoms with van der Waals surface area (Å²) in [6, 6.07) is 1.57. The van der Waals surface area contributed by atoms with Crippen LogP contribution in [-0.2, 0) is 20.8 Å². The van der Waals surface area contributed by atoms with Gasteiger partial charge in [-0.1, -0.05) is 6.92 Å². The van der Waals surface area contributed by atoms with Crippen molar-refractivity contribution in [1.82, 2.24) is 4.57 Å². The number of methoxy groups -OCH3 is 1. The summed E-state index contributed by atoms with van der Waals surface area (Å²) in [4.78, 5) is 22.6. The van der Waals surface area contributed by atoms with Gasteiger partial charge in [0.2, 0.25) is 0 Å². The highest BCUT2D eigenvalue weighted by Gasteiger charge is 2.14. The molecule has 0 bridgehead atoms. The number of hydrogen-bond acceptors (Lipinski definition) is 5. The van der Waals surface area contributed by atoms with Gasteiger partial charge in [0.05, 0.1) is 19.2 Å². The maximum Gasteiger partial charge on any atom is 0.355 e. The number of aryl methyl sites for hydroxylation is 1. The number of rotatable bonds is 6. The molecule has 6 nitrogen and oxygen atoms in total. The monoisotopic (exact) mass is 254 g/mol. The van der Waals surface area contributed by atoms with Gasteiger partial charge in [-0.15, -0.1) is 0 Å². The van der Waals surface area contributed by atoms with Crippen molar-refractivity contribution in [2.75, 3.05) is 19.5 Å². The van der Waals surface area contributed by atoms with Crippen molar-refractivity contribution < 1.29 is 19.1 Å². The number of nitrogen functional groups attached to an aromatic ring is 1. The van der Waals surface area contributed by atoms with Gasteiger partial charge in [0, 0.05) is 12.7 Å². The molecule has 1 aromatic heterocycles. The van der Waals surface area contributed by atoms with Gasteiger partial charge in [0.15, 0.2) is 0 Å². The third-order valence-corrected chi connectivity index (χ3v) is 2.36. The van der Waals surface area contributed by atoms with Gasteiger partial charge in [-0.25, -0.2) is 4.79 Å². The van der Waals surface area contributed by atoms with E-state index in [1.54, 1.807) is 16.8 Å². The normalized spacial score (nSPS) is 10.1. The molecule has 0 saturated heterocycles. The van der Waals surface area contributed by atoms with E-state index in [2.05, 4.69) is 4.74 Å². The lowest BCUT2D eigenvalue weighted by molar-refractivity contribution is -0.141. The fourth-order valence-electron chi connectivity index (χ4n) is 1.53. The van der Waals surface area contributed by atoms with Gasteiger partial charge >= 0.3 is 11.9 Å². The molecule has 0 saturated carbocycles. The Morgan fingerprint density at radius 1 is 1.44 bits per heavy atom. The predicted octanol–water partition coefficient (Wildman–Crippen LogP) is 1.20. The van der Waals surface area contributed by atoms with E-state index in [1.807, 2.05) is 6.92 Å². The van der Waals surface area contributed by atoms with E-state index in [-0.39, 0.29) is 13.0 Å². The van der Waals surface area contributed by atoms with Gasteiger partial charge in [-0.2, -0.15) is 0 Å². The van der Waals surface area contributed by atoms with Crippen molar-refractivity contribution in [2.45, 2.75) is 26.3 Å². The summed E-state index contributed by atoms with van der Waals surface area (Å²) in [7, 11) is 1.29. The van der Waals surface area contributed by atoms with Gasteiger partial charge in [0.25, 0.3) is 0 Å². The van der Waals surface area contributed by atoms with Crippen molar-refractivity contribution in [1.29, 1.82) is 0 Å². The minimum absolute atomic E-state index is 0.00269.